The van der Waals surface area contributed by atoms with E-state index >= 15 is 0 Å². The van der Waals surface area contributed by atoms with Gasteiger partial charge in [0, 0.05) is 18.3 Å². The van der Waals surface area contributed by atoms with Gasteiger partial charge in [0.1, 0.15) is 0 Å². The van der Waals surface area contributed by atoms with E-state index in [0.29, 0.717) is 6.54 Å². The molecule has 0 aliphatic carbocycles. The summed E-state index contributed by atoms with van der Waals surface area (Å²) in [5.74, 6) is -2.93. The fraction of sp³-hybridized carbons (Fsp3) is 0.467. The van der Waals surface area contributed by atoms with Gasteiger partial charge < -0.3 is 15.7 Å². The van der Waals surface area contributed by atoms with Gasteiger partial charge in [-0.05, 0) is 31.5 Å². The van der Waals surface area contributed by atoms with E-state index in [2.05, 4.69) is 10.6 Å². The van der Waals surface area contributed by atoms with E-state index in [4.69, 9.17) is 0 Å². The number of aliphatic hydroxyl groups is 1. The number of hydrogen-bond donors (Lipinski definition) is 3. The van der Waals surface area contributed by atoms with Gasteiger partial charge in [-0.1, -0.05) is 0 Å². The van der Waals surface area contributed by atoms with Crippen molar-refractivity contribution in [3.8, 4) is 0 Å². The van der Waals surface area contributed by atoms with Crippen molar-refractivity contribution in [2.45, 2.75) is 18.9 Å². The average Bonchev–Trinajstić information content (AvgIpc) is 2.49. The lowest BCUT2D eigenvalue weighted by atomic mass is 10.1. The Bertz CT molecular complexity index is 583. The molecule has 2 rings (SSSR count). The molecule has 1 heterocycles. The molecule has 1 aliphatic heterocycles. The second-order valence-corrected chi connectivity index (χ2v) is 5.48. The molecule has 1 aromatic rings. The monoisotopic (exact) mass is 327 g/mol. The largest absolute Gasteiger partial charge is 0.392 e. The van der Waals surface area contributed by atoms with Gasteiger partial charge in [-0.2, -0.15) is 0 Å². The molecule has 0 bridgehead atoms. The molecule has 6 nitrogen and oxygen atoms in total. The Morgan fingerprint density at radius 3 is 2.74 bits per heavy atom. The van der Waals surface area contributed by atoms with Gasteiger partial charge in [-0.3, -0.25) is 14.5 Å². The van der Waals surface area contributed by atoms with Gasteiger partial charge >= 0.3 is 0 Å². The van der Waals surface area contributed by atoms with Crippen LogP contribution in [0.2, 0.25) is 0 Å². The van der Waals surface area contributed by atoms with Crippen LogP contribution in [0.1, 0.15) is 12.8 Å². The quantitative estimate of drug-likeness (QED) is 0.735. The SMILES string of the molecule is O=C(CN1CCC[C@@H](O)C1)NCC(=O)Nc1ccc(F)c(F)c1. The normalized spacial score (nSPS) is 18.5. The highest BCUT2D eigenvalue weighted by Crippen LogP contribution is 2.12. The molecule has 1 saturated heterocycles. The number of rotatable bonds is 5. The third-order valence-corrected chi connectivity index (χ3v) is 3.50. The minimum atomic E-state index is -1.06. The van der Waals surface area contributed by atoms with Crippen molar-refractivity contribution in [2.75, 3.05) is 31.5 Å². The van der Waals surface area contributed by atoms with Crippen LogP contribution in [0, 0.1) is 11.6 Å². The van der Waals surface area contributed by atoms with Crippen LogP contribution in [0.15, 0.2) is 18.2 Å². The fourth-order valence-electron chi connectivity index (χ4n) is 2.39. The maximum Gasteiger partial charge on any atom is 0.243 e. The summed E-state index contributed by atoms with van der Waals surface area (Å²) < 4.78 is 25.8. The third kappa shape index (κ3) is 5.57. The molecule has 0 saturated carbocycles. The van der Waals surface area contributed by atoms with Crippen molar-refractivity contribution < 1.29 is 23.5 Å². The third-order valence-electron chi connectivity index (χ3n) is 3.50. The molecule has 0 spiro atoms. The van der Waals surface area contributed by atoms with Gasteiger partial charge in [0.15, 0.2) is 11.6 Å². The summed E-state index contributed by atoms with van der Waals surface area (Å²) in [7, 11) is 0. The summed E-state index contributed by atoms with van der Waals surface area (Å²) in [5.41, 5.74) is 0.113. The minimum absolute atomic E-state index is 0.107. The second-order valence-electron chi connectivity index (χ2n) is 5.48. The number of likely N-dealkylation sites (tertiary alicyclic amines) is 1. The Balaban J connectivity index is 1.73. The smallest absolute Gasteiger partial charge is 0.243 e. The van der Waals surface area contributed by atoms with Crippen molar-refractivity contribution in [1.29, 1.82) is 0 Å². The molecule has 0 aromatic heterocycles. The van der Waals surface area contributed by atoms with E-state index in [1.54, 1.807) is 0 Å². The fourth-order valence-corrected chi connectivity index (χ4v) is 2.39. The highest BCUT2D eigenvalue weighted by molar-refractivity contribution is 5.94. The first-order valence-corrected chi connectivity index (χ1v) is 7.36. The van der Waals surface area contributed by atoms with E-state index in [9.17, 15) is 23.5 Å². The van der Waals surface area contributed by atoms with Crippen LogP contribution in [-0.4, -0.2) is 54.1 Å². The summed E-state index contributed by atoms with van der Waals surface area (Å²) in [5, 5.41) is 14.3. The number of amides is 2. The summed E-state index contributed by atoms with van der Waals surface area (Å²) in [4.78, 5) is 25.2. The van der Waals surface area contributed by atoms with E-state index in [1.807, 2.05) is 4.90 Å². The minimum Gasteiger partial charge on any atom is -0.392 e. The van der Waals surface area contributed by atoms with Gasteiger partial charge in [0.05, 0.1) is 19.2 Å². The molecule has 1 aliphatic rings. The maximum absolute atomic E-state index is 13.0. The highest BCUT2D eigenvalue weighted by Gasteiger charge is 2.19. The predicted octanol–water partition coefficient (Wildman–Crippen LogP) is 0.476. The Hall–Kier alpha value is -2.06. The van der Waals surface area contributed by atoms with E-state index < -0.39 is 23.6 Å². The summed E-state index contributed by atoms with van der Waals surface area (Å²) >= 11 is 0. The van der Waals surface area contributed by atoms with Gasteiger partial charge in [0.2, 0.25) is 11.8 Å². The van der Waals surface area contributed by atoms with E-state index in [1.165, 1.54) is 6.07 Å². The molecule has 1 atom stereocenters. The van der Waals surface area contributed by atoms with Crippen LogP contribution in [0.25, 0.3) is 0 Å². The second kappa shape index (κ2) is 7.98. The molecule has 23 heavy (non-hydrogen) atoms. The van der Waals surface area contributed by atoms with Crippen LogP contribution >= 0.6 is 0 Å². The lowest BCUT2D eigenvalue weighted by Gasteiger charge is -2.29. The van der Waals surface area contributed by atoms with Crippen LogP contribution in [0.5, 0.6) is 0 Å². The number of β-amino-alcohol motifs (C(OH)–C–C–N with tert-alkyl or cyclic N) is 1. The predicted molar refractivity (Wildman–Crippen MR) is 79.7 cm³/mol. The number of piperidine rings is 1. The summed E-state index contributed by atoms with van der Waals surface area (Å²) in [6, 6.07) is 3.00. The zero-order chi connectivity index (χ0) is 16.8. The van der Waals surface area contributed by atoms with Crippen LogP contribution < -0.4 is 10.6 Å². The average molecular weight is 327 g/mol. The Kier molecular flexibility index (Phi) is 6.00. The van der Waals surface area contributed by atoms with Crippen molar-refractivity contribution in [2.24, 2.45) is 0 Å². The highest BCUT2D eigenvalue weighted by atomic mass is 19.2. The first-order valence-electron chi connectivity index (χ1n) is 7.36. The van der Waals surface area contributed by atoms with Crippen LogP contribution in [0.4, 0.5) is 14.5 Å². The lowest BCUT2D eigenvalue weighted by Crippen LogP contribution is -2.45. The molecule has 1 aromatic carbocycles. The lowest BCUT2D eigenvalue weighted by molar-refractivity contribution is -0.125. The van der Waals surface area contributed by atoms with Crippen LogP contribution in [0.3, 0.4) is 0 Å². The first-order chi connectivity index (χ1) is 10.9. The summed E-state index contributed by atoms with van der Waals surface area (Å²) in [6.45, 7) is 1.00. The van der Waals surface area contributed by atoms with Gasteiger partial charge in [-0.25, -0.2) is 8.78 Å². The molecular weight excluding hydrogens is 308 g/mol. The van der Waals surface area contributed by atoms with Crippen LogP contribution in [-0.2, 0) is 9.59 Å². The molecule has 1 fully saturated rings. The number of hydrogen-bond acceptors (Lipinski definition) is 4. The number of anilines is 1. The van der Waals surface area contributed by atoms with Gasteiger partial charge in [-0.15, -0.1) is 0 Å². The number of nitrogens with zero attached hydrogens (tertiary/aromatic N) is 1. The van der Waals surface area contributed by atoms with E-state index in [0.717, 1.165) is 31.5 Å². The molecular formula is C15H19F2N3O3. The summed E-state index contributed by atoms with van der Waals surface area (Å²) in [6.07, 6.45) is 1.13. The number of nitrogens with one attached hydrogen (secondary N) is 2. The first kappa shape index (κ1) is 17.3. The van der Waals surface area contributed by atoms with Crippen molar-refractivity contribution in [3.63, 3.8) is 0 Å². The maximum atomic E-state index is 13.0. The molecule has 8 heteroatoms. The van der Waals surface area contributed by atoms with E-state index in [-0.39, 0.29) is 24.7 Å². The molecule has 2 amide bonds. The topological polar surface area (TPSA) is 81.7 Å². The number of halogens is 2. The Labute approximate surface area is 132 Å². The molecule has 126 valence electrons. The number of carbonyl (C=O) groups is 2. The number of carbonyl (C=O) groups excluding carboxylic acids is 2. The molecule has 0 unspecified atom stereocenters. The standard InChI is InChI=1S/C15H19F2N3O3/c16-12-4-3-10(6-13(12)17)19-14(22)7-18-15(23)9-20-5-1-2-11(21)8-20/h3-4,6,11,21H,1-2,5,7-9H2,(H,18,23)(H,19,22)/t11-/m1/s1. The zero-order valence-corrected chi connectivity index (χ0v) is 12.5. The molecule has 3 N–H and O–H groups in total. The molecule has 0 radical (unpaired) electrons. The van der Waals surface area contributed by atoms with Crippen molar-refractivity contribution >= 4 is 17.5 Å². The van der Waals surface area contributed by atoms with Crippen molar-refractivity contribution in [1.82, 2.24) is 10.2 Å². The Morgan fingerprint density at radius 2 is 2.04 bits per heavy atom. The number of benzene rings is 1. The number of aliphatic hydroxyl groups excluding tert-OH is 1. The Morgan fingerprint density at radius 1 is 1.26 bits per heavy atom. The van der Waals surface area contributed by atoms with Crippen molar-refractivity contribution in [3.05, 3.63) is 29.8 Å². The zero-order valence-electron chi connectivity index (χ0n) is 12.5. The van der Waals surface area contributed by atoms with Gasteiger partial charge in [0.25, 0.3) is 0 Å².